The Bertz CT molecular complexity index is 603. The number of anilines is 1. The number of amides is 1. The predicted molar refractivity (Wildman–Crippen MR) is 83.2 cm³/mol. The molecule has 0 aliphatic carbocycles. The highest BCUT2D eigenvalue weighted by Crippen LogP contribution is 2.25. The van der Waals surface area contributed by atoms with Gasteiger partial charge in [-0.1, -0.05) is 18.2 Å². The maximum absolute atomic E-state index is 12.2. The largest absolute Gasteiger partial charge is 0.373 e. The summed E-state index contributed by atoms with van der Waals surface area (Å²) in [5, 5.41) is 6.30. The van der Waals surface area contributed by atoms with Gasteiger partial charge in [-0.25, -0.2) is 0 Å². The van der Waals surface area contributed by atoms with Crippen molar-refractivity contribution in [2.24, 2.45) is 0 Å². The lowest BCUT2D eigenvalue weighted by Crippen LogP contribution is -2.37. The molecule has 1 aliphatic rings. The van der Waals surface area contributed by atoms with Gasteiger partial charge >= 0.3 is 0 Å². The molecule has 1 atom stereocenters. The zero-order valence-corrected chi connectivity index (χ0v) is 12.5. The summed E-state index contributed by atoms with van der Waals surface area (Å²) in [5.74, 6) is 0.0740. The third kappa shape index (κ3) is 2.56. The van der Waals surface area contributed by atoms with Crippen LogP contribution in [0.5, 0.6) is 0 Å². The van der Waals surface area contributed by atoms with Crippen LogP contribution in [-0.2, 0) is 17.8 Å². The predicted octanol–water partition coefficient (Wildman–Crippen LogP) is 3.02. The number of benzene rings is 1. The molecule has 1 aromatic heterocycles. The number of carbonyl (C=O) groups excluding carboxylic acids is 1. The monoisotopic (exact) mass is 286 g/mol. The van der Waals surface area contributed by atoms with E-state index in [2.05, 4.69) is 36.6 Å². The van der Waals surface area contributed by atoms with Crippen molar-refractivity contribution in [1.29, 1.82) is 0 Å². The van der Waals surface area contributed by atoms with E-state index >= 15 is 0 Å². The minimum Gasteiger partial charge on any atom is -0.373 e. The molecule has 1 amide bonds. The zero-order chi connectivity index (χ0) is 14.1. The van der Waals surface area contributed by atoms with Crippen LogP contribution in [0, 0.1) is 13.8 Å². The lowest BCUT2D eigenvalue weighted by Gasteiger charge is -2.11. The van der Waals surface area contributed by atoms with Gasteiger partial charge in [0, 0.05) is 21.9 Å². The molecule has 4 heteroatoms. The quantitative estimate of drug-likeness (QED) is 0.910. The van der Waals surface area contributed by atoms with E-state index in [0.717, 1.165) is 12.1 Å². The summed E-state index contributed by atoms with van der Waals surface area (Å²) in [6.45, 7) is 4.83. The molecule has 104 valence electrons. The van der Waals surface area contributed by atoms with Crippen LogP contribution in [0.4, 0.5) is 5.69 Å². The second-order valence-electron chi connectivity index (χ2n) is 5.23. The number of aryl methyl sites for hydroxylation is 2. The maximum Gasteiger partial charge on any atom is 0.243 e. The summed E-state index contributed by atoms with van der Waals surface area (Å²) >= 11 is 1.75. The van der Waals surface area contributed by atoms with E-state index in [1.165, 1.54) is 20.9 Å². The first-order valence-electron chi connectivity index (χ1n) is 6.81. The van der Waals surface area contributed by atoms with Gasteiger partial charge in [-0.05, 0) is 37.1 Å². The molecule has 1 aromatic carbocycles. The Labute approximate surface area is 123 Å². The molecule has 0 saturated carbocycles. The minimum absolute atomic E-state index is 0.0740. The average Bonchev–Trinajstić information content (AvgIpc) is 3.00. The smallest absolute Gasteiger partial charge is 0.243 e. The maximum atomic E-state index is 12.2. The fourth-order valence-corrected chi connectivity index (χ4v) is 3.48. The van der Waals surface area contributed by atoms with Gasteiger partial charge in [0.2, 0.25) is 5.91 Å². The van der Waals surface area contributed by atoms with Gasteiger partial charge in [0.25, 0.3) is 0 Å². The van der Waals surface area contributed by atoms with Crippen molar-refractivity contribution in [2.45, 2.75) is 32.9 Å². The molecule has 20 heavy (non-hydrogen) atoms. The number of para-hydroxylation sites is 1. The standard InChI is InChI=1S/C16H18N2OS/c1-10-7-13(20-11(10)2)9-17-16(19)15-8-12-5-3-4-6-14(12)18-15/h3-7,15,18H,8-9H2,1-2H3,(H,17,19). The second kappa shape index (κ2) is 5.29. The lowest BCUT2D eigenvalue weighted by molar-refractivity contribution is -0.121. The van der Waals surface area contributed by atoms with Gasteiger partial charge in [-0.15, -0.1) is 11.3 Å². The van der Waals surface area contributed by atoms with Crippen LogP contribution in [-0.4, -0.2) is 11.9 Å². The number of rotatable bonds is 3. The number of thiophene rings is 1. The van der Waals surface area contributed by atoms with Gasteiger partial charge in [0.1, 0.15) is 6.04 Å². The van der Waals surface area contributed by atoms with Crippen molar-refractivity contribution in [3.63, 3.8) is 0 Å². The van der Waals surface area contributed by atoms with E-state index in [1.54, 1.807) is 11.3 Å². The van der Waals surface area contributed by atoms with Gasteiger partial charge in [-0.2, -0.15) is 0 Å². The summed E-state index contributed by atoms with van der Waals surface area (Å²) in [4.78, 5) is 14.7. The molecule has 2 N–H and O–H groups in total. The van der Waals surface area contributed by atoms with Crippen LogP contribution in [0.3, 0.4) is 0 Å². The Hall–Kier alpha value is -1.81. The first-order chi connectivity index (χ1) is 9.63. The van der Waals surface area contributed by atoms with E-state index in [-0.39, 0.29) is 11.9 Å². The summed E-state index contributed by atoms with van der Waals surface area (Å²) in [5.41, 5.74) is 3.59. The first kappa shape index (κ1) is 13.2. The van der Waals surface area contributed by atoms with Gasteiger partial charge in [0.05, 0.1) is 6.54 Å². The molecule has 0 spiro atoms. The fraction of sp³-hybridized carbons (Fsp3) is 0.312. The minimum atomic E-state index is -0.144. The van der Waals surface area contributed by atoms with E-state index in [1.807, 2.05) is 18.2 Å². The third-order valence-corrected chi connectivity index (χ3v) is 4.89. The van der Waals surface area contributed by atoms with Crippen molar-refractivity contribution in [2.75, 3.05) is 5.32 Å². The van der Waals surface area contributed by atoms with Gasteiger partial charge in [0.15, 0.2) is 0 Å². The Morgan fingerprint density at radius 1 is 1.40 bits per heavy atom. The molecular weight excluding hydrogens is 268 g/mol. The Morgan fingerprint density at radius 2 is 2.20 bits per heavy atom. The van der Waals surface area contributed by atoms with Crippen LogP contribution in [0.25, 0.3) is 0 Å². The topological polar surface area (TPSA) is 41.1 Å². The van der Waals surface area contributed by atoms with E-state index in [0.29, 0.717) is 6.54 Å². The van der Waals surface area contributed by atoms with Crippen molar-refractivity contribution >= 4 is 22.9 Å². The second-order valence-corrected chi connectivity index (χ2v) is 6.57. The van der Waals surface area contributed by atoms with E-state index < -0.39 is 0 Å². The molecule has 2 heterocycles. The van der Waals surface area contributed by atoms with Crippen LogP contribution >= 0.6 is 11.3 Å². The highest BCUT2D eigenvalue weighted by atomic mass is 32.1. The highest BCUT2D eigenvalue weighted by Gasteiger charge is 2.25. The van der Waals surface area contributed by atoms with Crippen molar-refractivity contribution < 1.29 is 4.79 Å². The molecule has 1 aliphatic heterocycles. The zero-order valence-electron chi connectivity index (χ0n) is 11.7. The number of hydrogen-bond donors (Lipinski definition) is 2. The number of nitrogens with one attached hydrogen (secondary N) is 2. The summed E-state index contributed by atoms with van der Waals surface area (Å²) in [6, 6.07) is 10.1. The molecule has 0 radical (unpaired) electrons. The Morgan fingerprint density at radius 3 is 2.90 bits per heavy atom. The molecule has 3 nitrogen and oxygen atoms in total. The van der Waals surface area contributed by atoms with Gasteiger partial charge < -0.3 is 10.6 Å². The molecule has 0 fully saturated rings. The van der Waals surface area contributed by atoms with Gasteiger partial charge in [-0.3, -0.25) is 4.79 Å². The van der Waals surface area contributed by atoms with E-state index in [9.17, 15) is 4.79 Å². The normalized spacial score (nSPS) is 16.6. The van der Waals surface area contributed by atoms with Crippen molar-refractivity contribution in [3.05, 3.63) is 51.2 Å². The molecule has 1 unspecified atom stereocenters. The summed E-state index contributed by atoms with van der Waals surface area (Å²) in [7, 11) is 0. The number of carbonyl (C=O) groups is 1. The lowest BCUT2D eigenvalue weighted by atomic mass is 10.1. The molecule has 2 aromatic rings. The SMILES string of the molecule is Cc1cc(CNC(=O)C2Cc3ccccc3N2)sc1C. The van der Waals surface area contributed by atoms with E-state index in [4.69, 9.17) is 0 Å². The summed E-state index contributed by atoms with van der Waals surface area (Å²) in [6.07, 6.45) is 0.768. The Balaban J connectivity index is 1.59. The first-order valence-corrected chi connectivity index (χ1v) is 7.63. The molecule has 0 saturated heterocycles. The molecular formula is C16H18N2OS. The highest BCUT2D eigenvalue weighted by molar-refractivity contribution is 7.12. The summed E-state index contributed by atoms with van der Waals surface area (Å²) < 4.78 is 0. The Kier molecular flexibility index (Phi) is 3.49. The van der Waals surface area contributed by atoms with Crippen LogP contribution in [0.15, 0.2) is 30.3 Å². The van der Waals surface area contributed by atoms with Crippen LogP contribution in [0.1, 0.15) is 20.9 Å². The van der Waals surface area contributed by atoms with Crippen molar-refractivity contribution in [3.8, 4) is 0 Å². The average molecular weight is 286 g/mol. The number of fused-ring (bicyclic) bond motifs is 1. The van der Waals surface area contributed by atoms with Crippen molar-refractivity contribution in [1.82, 2.24) is 5.32 Å². The molecule has 0 bridgehead atoms. The molecule has 3 rings (SSSR count). The number of hydrogen-bond acceptors (Lipinski definition) is 3. The third-order valence-electron chi connectivity index (χ3n) is 3.74. The fourth-order valence-electron chi connectivity index (χ4n) is 2.49. The van der Waals surface area contributed by atoms with Crippen LogP contribution in [0.2, 0.25) is 0 Å². The van der Waals surface area contributed by atoms with Crippen LogP contribution < -0.4 is 10.6 Å².